The van der Waals surface area contributed by atoms with E-state index in [9.17, 15) is 4.79 Å². The largest absolute Gasteiger partial charge is 0.432 e. The SMILES string of the molecule is COCCOCC(=O)Nc1nc(C)co1. The minimum absolute atomic E-state index is 0.0369. The van der Waals surface area contributed by atoms with Gasteiger partial charge >= 0.3 is 6.01 Å². The molecule has 0 aromatic carbocycles. The molecule has 1 aromatic rings. The fourth-order valence-electron chi connectivity index (χ4n) is 0.874. The number of aryl methyl sites for hydroxylation is 1. The molecule has 0 aliphatic carbocycles. The third-order valence-electron chi connectivity index (χ3n) is 1.53. The molecular weight excluding hydrogens is 200 g/mol. The molecule has 1 rings (SSSR count). The van der Waals surface area contributed by atoms with Crippen molar-refractivity contribution in [1.82, 2.24) is 4.98 Å². The molecule has 0 spiro atoms. The Hall–Kier alpha value is -1.40. The van der Waals surface area contributed by atoms with Crippen molar-refractivity contribution >= 4 is 11.9 Å². The Labute approximate surface area is 87.6 Å². The van der Waals surface area contributed by atoms with E-state index in [0.29, 0.717) is 18.9 Å². The van der Waals surface area contributed by atoms with Crippen molar-refractivity contribution in [2.45, 2.75) is 6.92 Å². The molecule has 0 aliphatic rings. The number of nitrogens with zero attached hydrogens (tertiary/aromatic N) is 1. The molecule has 0 unspecified atom stereocenters. The van der Waals surface area contributed by atoms with Crippen molar-refractivity contribution in [2.75, 3.05) is 32.2 Å². The fourth-order valence-corrected chi connectivity index (χ4v) is 0.874. The summed E-state index contributed by atoms with van der Waals surface area (Å²) in [4.78, 5) is 15.1. The van der Waals surface area contributed by atoms with E-state index < -0.39 is 0 Å². The van der Waals surface area contributed by atoms with Crippen LogP contribution >= 0.6 is 0 Å². The number of anilines is 1. The number of oxazole rings is 1. The summed E-state index contributed by atoms with van der Waals surface area (Å²) < 4.78 is 14.7. The molecule has 0 bridgehead atoms. The van der Waals surface area contributed by atoms with E-state index in [1.807, 2.05) is 0 Å². The summed E-state index contributed by atoms with van der Waals surface area (Å²) >= 11 is 0. The summed E-state index contributed by atoms with van der Waals surface area (Å²) in [6, 6.07) is 0.188. The maximum absolute atomic E-state index is 11.2. The van der Waals surface area contributed by atoms with E-state index in [1.165, 1.54) is 6.26 Å². The van der Waals surface area contributed by atoms with Gasteiger partial charge < -0.3 is 13.9 Å². The molecule has 0 fully saturated rings. The molecule has 0 saturated heterocycles. The first kappa shape index (κ1) is 11.7. The van der Waals surface area contributed by atoms with Crippen LogP contribution in [0.3, 0.4) is 0 Å². The molecule has 84 valence electrons. The van der Waals surface area contributed by atoms with Gasteiger partial charge in [-0.2, -0.15) is 4.98 Å². The van der Waals surface area contributed by atoms with Gasteiger partial charge in [0.2, 0.25) is 0 Å². The van der Waals surface area contributed by atoms with Crippen LogP contribution in [0, 0.1) is 6.92 Å². The fraction of sp³-hybridized carbons (Fsp3) is 0.556. The summed E-state index contributed by atoms with van der Waals surface area (Å²) in [5.74, 6) is -0.298. The molecule has 15 heavy (non-hydrogen) atoms. The van der Waals surface area contributed by atoms with Gasteiger partial charge in [-0.1, -0.05) is 0 Å². The Morgan fingerprint density at radius 3 is 3.00 bits per heavy atom. The van der Waals surface area contributed by atoms with Crippen molar-refractivity contribution in [3.05, 3.63) is 12.0 Å². The van der Waals surface area contributed by atoms with Crippen LogP contribution in [0.1, 0.15) is 5.69 Å². The highest BCUT2D eigenvalue weighted by molar-refractivity contribution is 5.89. The topological polar surface area (TPSA) is 73.6 Å². The van der Waals surface area contributed by atoms with E-state index in [2.05, 4.69) is 10.3 Å². The van der Waals surface area contributed by atoms with Crippen molar-refractivity contribution in [1.29, 1.82) is 0 Å². The second-order valence-electron chi connectivity index (χ2n) is 2.89. The highest BCUT2D eigenvalue weighted by atomic mass is 16.5. The van der Waals surface area contributed by atoms with Crippen LogP contribution in [0.25, 0.3) is 0 Å². The predicted molar refractivity (Wildman–Crippen MR) is 52.6 cm³/mol. The Morgan fingerprint density at radius 1 is 1.60 bits per heavy atom. The van der Waals surface area contributed by atoms with E-state index in [4.69, 9.17) is 13.9 Å². The van der Waals surface area contributed by atoms with Crippen LogP contribution in [-0.4, -0.2) is 37.8 Å². The zero-order valence-corrected chi connectivity index (χ0v) is 8.78. The Balaban J connectivity index is 2.18. The number of rotatable bonds is 6. The van der Waals surface area contributed by atoms with Crippen LogP contribution in [-0.2, 0) is 14.3 Å². The highest BCUT2D eigenvalue weighted by Gasteiger charge is 2.06. The van der Waals surface area contributed by atoms with Gasteiger partial charge in [-0.15, -0.1) is 0 Å². The number of amides is 1. The van der Waals surface area contributed by atoms with Crippen LogP contribution in [0.4, 0.5) is 6.01 Å². The lowest BCUT2D eigenvalue weighted by Gasteiger charge is -2.02. The summed E-state index contributed by atoms with van der Waals surface area (Å²) in [6.45, 7) is 2.58. The normalized spacial score (nSPS) is 10.3. The molecule has 1 aromatic heterocycles. The summed E-state index contributed by atoms with van der Waals surface area (Å²) in [6.07, 6.45) is 1.46. The van der Waals surface area contributed by atoms with Gasteiger partial charge in [0.05, 0.1) is 18.9 Å². The van der Waals surface area contributed by atoms with Gasteiger partial charge in [-0.3, -0.25) is 10.1 Å². The quantitative estimate of drug-likeness (QED) is 0.701. The zero-order valence-electron chi connectivity index (χ0n) is 8.78. The lowest BCUT2D eigenvalue weighted by Crippen LogP contribution is -2.19. The number of carbonyl (C=O) groups excluding carboxylic acids is 1. The molecule has 0 aliphatic heterocycles. The first-order chi connectivity index (χ1) is 7.22. The first-order valence-electron chi connectivity index (χ1n) is 4.51. The van der Waals surface area contributed by atoms with E-state index >= 15 is 0 Å². The monoisotopic (exact) mass is 214 g/mol. The lowest BCUT2D eigenvalue weighted by atomic mass is 10.6. The molecule has 6 heteroatoms. The van der Waals surface area contributed by atoms with Crippen molar-refractivity contribution < 1.29 is 18.7 Å². The predicted octanol–water partition coefficient (Wildman–Crippen LogP) is 0.585. The minimum Gasteiger partial charge on any atom is -0.432 e. The molecule has 0 atom stereocenters. The summed E-state index contributed by atoms with van der Waals surface area (Å²) in [5.41, 5.74) is 0.714. The van der Waals surface area contributed by atoms with Crippen molar-refractivity contribution in [3.63, 3.8) is 0 Å². The smallest absolute Gasteiger partial charge is 0.301 e. The number of methoxy groups -OCH3 is 1. The van der Waals surface area contributed by atoms with E-state index in [-0.39, 0.29) is 18.5 Å². The Bertz CT molecular complexity index is 311. The standard InChI is InChI=1S/C9H14N2O4/c1-7-5-15-9(10-7)11-8(12)6-14-4-3-13-2/h5H,3-4,6H2,1-2H3,(H,10,11,12). The van der Waals surface area contributed by atoms with Gasteiger partial charge in [-0.25, -0.2) is 0 Å². The lowest BCUT2D eigenvalue weighted by molar-refractivity contribution is -0.121. The molecule has 1 heterocycles. The van der Waals surface area contributed by atoms with E-state index in [1.54, 1.807) is 14.0 Å². The van der Waals surface area contributed by atoms with Gasteiger partial charge in [0.25, 0.3) is 5.91 Å². The Morgan fingerprint density at radius 2 is 2.40 bits per heavy atom. The molecule has 0 saturated carbocycles. The second-order valence-corrected chi connectivity index (χ2v) is 2.89. The molecule has 1 N–H and O–H groups in total. The number of hydrogen-bond acceptors (Lipinski definition) is 5. The number of carbonyl (C=O) groups is 1. The van der Waals surface area contributed by atoms with Crippen LogP contribution in [0.2, 0.25) is 0 Å². The maximum Gasteiger partial charge on any atom is 0.301 e. The van der Waals surface area contributed by atoms with Gasteiger partial charge in [-0.05, 0) is 6.92 Å². The molecule has 6 nitrogen and oxygen atoms in total. The van der Waals surface area contributed by atoms with Crippen molar-refractivity contribution in [3.8, 4) is 0 Å². The molecule has 1 amide bonds. The summed E-state index contributed by atoms with van der Waals surface area (Å²) in [5, 5.41) is 2.46. The highest BCUT2D eigenvalue weighted by Crippen LogP contribution is 2.05. The van der Waals surface area contributed by atoms with E-state index in [0.717, 1.165) is 0 Å². The third kappa shape index (κ3) is 4.57. The number of aromatic nitrogens is 1. The zero-order chi connectivity index (χ0) is 11.1. The van der Waals surface area contributed by atoms with Crippen molar-refractivity contribution in [2.24, 2.45) is 0 Å². The summed E-state index contributed by atoms with van der Waals surface area (Å²) in [7, 11) is 1.57. The average molecular weight is 214 g/mol. The number of hydrogen-bond donors (Lipinski definition) is 1. The van der Waals surface area contributed by atoms with Gasteiger partial charge in [0.1, 0.15) is 12.9 Å². The van der Waals surface area contributed by atoms with Crippen LogP contribution in [0.15, 0.2) is 10.7 Å². The van der Waals surface area contributed by atoms with Gasteiger partial charge in [0.15, 0.2) is 0 Å². The minimum atomic E-state index is -0.298. The van der Waals surface area contributed by atoms with Crippen LogP contribution < -0.4 is 5.32 Å². The maximum atomic E-state index is 11.2. The van der Waals surface area contributed by atoms with Gasteiger partial charge in [0, 0.05) is 7.11 Å². The van der Waals surface area contributed by atoms with Crippen LogP contribution in [0.5, 0.6) is 0 Å². The Kier molecular flexibility index (Phi) is 4.79. The molecule has 0 radical (unpaired) electrons. The first-order valence-corrected chi connectivity index (χ1v) is 4.51. The average Bonchev–Trinajstić information content (AvgIpc) is 2.59. The number of ether oxygens (including phenoxy) is 2. The number of nitrogens with one attached hydrogen (secondary N) is 1. The third-order valence-corrected chi connectivity index (χ3v) is 1.53. The second kappa shape index (κ2) is 6.15. The molecular formula is C9H14N2O4.